The van der Waals surface area contributed by atoms with Gasteiger partial charge in [-0.2, -0.15) is 4.31 Å². The van der Waals surface area contributed by atoms with E-state index in [1.807, 2.05) is 6.92 Å². The molecule has 0 radical (unpaired) electrons. The molecule has 30 heavy (non-hydrogen) atoms. The molecule has 0 saturated heterocycles. The second-order valence-electron chi connectivity index (χ2n) is 6.92. The van der Waals surface area contributed by atoms with Crippen LogP contribution in [0.1, 0.15) is 26.3 Å². The van der Waals surface area contributed by atoms with Crippen LogP contribution in [0, 0.1) is 6.92 Å². The van der Waals surface area contributed by atoms with Gasteiger partial charge in [0.1, 0.15) is 0 Å². The van der Waals surface area contributed by atoms with Gasteiger partial charge in [0, 0.05) is 37.5 Å². The number of nitrogens with zero attached hydrogens (tertiary/aromatic N) is 1. The van der Waals surface area contributed by atoms with Crippen molar-refractivity contribution < 1.29 is 27.5 Å². The Morgan fingerprint density at radius 2 is 1.53 bits per heavy atom. The molecule has 0 fully saturated rings. The summed E-state index contributed by atoms with van der Waals surface area (Å²) in [4.78, 5) is 25.5. The number of rotatable bonds is 8. The molecule has 0 atom stereocenters. The molecule has 1 aliphatic rings. The first kappa shape index (κ1) is 22.0. The van der Waals surface area contributed by atoms with E-state index >= 15 is 0 Å². The summed E-state index contributed by atoms with van der Waals surface area (Å²) in [6.07, 6.45) is 0.365. The Kier molecular flexibility index (Phi) is 6.62. The number of aryl methyl sites for hydroxylation is 1. The lowest BCUT2D eigenvalue weighted by Crippen LogP contribution is -2.41. The molecule has 0 spiro atoms. The van der Waals surface area contributed by atoms with E-state index in [4.69, 9.17) is 9.47 Å². The van der Waals surface area contributed by atoms with E-state index in [0.717, 1.165) is 9.87 Å². The van der Waals surface area contributed by atoms with Gasteiger partial charge in [-0.05, 0) is 25.1 Å². The van der Waals surface area contributed by atoms with Crippen LogP contribution in [-0.4, -0.2) is 57.9 Å². The number of allylic oxidation sites excluding steroid dienone is 1. The highest BCUT2D eigenvalue weighted by atomic mass is 32.2. The number of sulfonamides is 1. The van der Waals surface area contributed by atoms with Crippen molar-refractivity contribution in [3.05, 3.63) is 76.9 Å². The Hall–Kier alpha value is -2.65. The van der Waals surface area contributed by atoms with Crippen LogP contribution in [0.25, 0.3) is 0 Å². The first-order valence-corrected chi connectivity index (χ1v) is 10.7. The first-order valence-electron chi connectivity index (χ1n) is 9.29. The van der Waals surface area contributed by atoms with Gasteiger partial charge in [-0.3, -0.25) is 9.59 Å². The van der Waals surface area contributed by atoms with Crippen molar-refractivity contribution >= 4 is 21.6 Å². The Balaban J connectivity index is 1.98. The summed E-state index contributed by atoms with van der Waals surface area (Å²) in [7, 11) is -1.18. The zero-order valence-electron chi connectivity index (χ0n) is 17.0. The van der Waals surface area contributed by atoms with Crippen molar-refractivity contribution in [2.45, 2.75) is 18.1 Å². The zero-order valence-corrected chi connectivity index (χ0v) is 17.8. The molecule has 2 aromatic carbocycles. The molecule has 0 bridgehead atoms. The normalized spacial score (nSPS) is 14.2. The van der Waals surface area contributed by atoms with Gasteiger partial charge in [-0.15, -0.1) is 0 Å². The van der Waals surface area contributed by atoms with E-state index in [1.54, 1.807) is 36.4 Å². The molecule has 3 rings (SSSR count). The quantitative estimate of drug-likeness (QED) is 0.599. The van der Waals surface area contributed by atoms with Crippen molar-refractivity contribution in [2.75, 3.05) is 27.3 Å². The minimum Gasteiger partial charge on any atom is -0.354 e. The van der Waals surface area contributed by atoms with Gasteiger partial charge in [-0.25, -0.2) is 8.42 Å². The second-order valence-corrected chi connectivity index (χ2v) is 8.86. The highest BCUT2D eigenvalue weighted by Crippen LogP contribution is 2.25. The summed E-state index contributed by atoms with van der Waals surface area (Å²) < 4.78 is 38.1. The fraction of sp³-hybridized carbons (Fsp3) is 0.273. The van der Waals surface area contributed by atoms with Crippen LogP contribution in [0.3, 0.4) is 0 Å². The van der Waals surface area contributed by atoms with Crippen LogP contribution < -0.4 is 0 Å². The lowest BCUT2D eigenvalue weighted by Gasteiger charge is -2.27. The monoisotopic (exact) mass is 429 g/mol. The van der Waals surface area contributed by atoms with E-state index in [-0.39, 0.29) is 40.7 Å². The second kappa shape index (κ2) is 9.01. The number of carbonyl (C=O) groups is 2. The van der Waals surface area contributed by atoms with Crippen LogP contribution >= 0.6 is 0 Å². The van der Waals surface area contributed by atoms with Gasteiger partial charge in [0.15, 0.2) is 17.9 Å². The molecule has 2 aromatic rings. The Morgan fingerprint density at radius 1 is 0.933 bits per heavy atom. The number of ether oxygens (including phenoxy) is 2. The van der Waals surface area contributed by atoms with E-state index < -0.39 is 16.3 Å². The molecule has 1 aliphatic carbocycles. The van der Waals surface area contributed by atoms with Crippen LogP contribution in [0.2, 0.25) is 0 Å². The Bertz CT molecular complexity index is 1080. The van der Waals surface area contributed by atoms with Crippen molar-refractivity contribution in [3.63, 3.8) is 0 Å². The number of fused-ring (bicyclic) bond motifs is 1. The summed E-state index contributed by atoms with van der Waals surface area (Å²) in [5.74, 6) is -0.705. The van der Waals surface area contributed by atoms with Crippen LogP contribution in [-0.2, 0) is 19.5 Å². The Labute approximate surface area is 176 Å². The largest absolute Gasteiger partial charge is 0.354 e. The number of carbonyl (C=O) groups excluding carboxylic acids is 2. The Morgan fingerprint density at radius 3 is 2.13 bits per heavy atom. The minimum absolute atomic E-state index is 0.0784. The third-order valence-electron chi connectivity index (χ3n) is 4.92. The van der Waals surface area contributed by atoms with E-state index in [2.05, 4.69) is 0 Å². The number of methoxy groups -OCH3 is 2. The standard InChI is InChI=1S/C22H23NO6S/c1-15-8-10-17(11-9-15)30(26,27)23(14-21(28-2)29-3)13-16-12-20(24)18-6-4-5-7-19(18)22(16)25/h4-12,21H,13-14H2,1-3H3. The molecule has 158 valence electrons. The van der Waals surface area contributed by atoms with E-state index in [1.165, 1.54) is 32.4 Å². The molecule has 8 heteroatoms. The summed E-state index contributed by atoms with van der Waals surface area (Å²) in [5.41, 5.74) is 1.59. The van der Waals surface area contributed by atoms with Gasteiger partial charge < -0.3 is 9.47 Å². The lowest BCUT2D eigenvalue weighted by atomic mass is 9.89. The number of ketones is 2. The van der Waals surface area contributed by atoms with Gasteiger partial charge >= 0.3 is 0 Å². The average Bonchev–Trinajstić information content (AvgIpc) is 2.74. The maximum absolute atomic E-state index is 13.3. The molecule has 0 unspecified atom stereocenters. The molecule has 0 heterocycles. The fourth-order valence-corrected chi connectivity index (χ4v) is 4.60. The van der Waals surface area contributed by atoms with Crippen LogP contribution in [0.4, 0.5) is 0 Å². The molecule has 0 aliphatic heterocycles. The van der Waals surface area contributed by atoms with Crippen molar-refractivity contribution in [2.24, 2.45) is 0 Å². The SMILES string of the molecule is COC(CN(CC1=CC(=O)c2ccccc2C1=O)S(=O)(=O)c1ccc(C)cc1)OC. The highest BCUT2D eigenvalue weighted by Gasteiger charge is 2.32. The van der Waals surface area contributed by atoms with E-state index in [9.17, 15) is 18.0 Å². The molecule has 0 aromatic heterocycles. The smallest absolute Gasteiger partial charge is 0.243 e. The van der Waals surface area contributed by atoms with Gasteiger partial charge in [0.25, 0.3) is 0 Å². The van der Waals surface area contributed by atoms with E-state index in [0.29, 0.717) is 5.56 Å². The predicted octanol–water partition coefficient (Wildman–Crippen LogP) is 2.61. The third kappa shape index (κ3) is 4.41. The summed E-state index contributed by atoms with van der Waals surface area (Å²) in [5, 5.41) is 0. The maximum Gasteiger partial charge on any atom is 0.243 e. The number of benzene rings is 2. The van der Waals surface area contributed by atoms with Crippen LogP contribution in [0.5, 0.6) is 0 Å². The minimum atomic E-state index is -3.98. The molecular weight excluding hydrogens is 406 g/mol. The summed E-state index contributed by atoms with van der Waals surface area (Å²) >= 11 is 0. The topological polar surface area (TPSA) is 90.0 Å². The lowest BCUT2D eigenvalue weighted by molar-refractivity contribution is -0.107. The zero-order chi connectivity index (χ0) is 21.9. The fourth-order valence-electron chi connectivity index (χ4n) is 3.20. The van der Waals surface area contributed by atoms with Gasteiger partial charge in [0.2, 0.25) is 10.0 Å². The number of Topliss-reactive ketones (excluding diaryl/α,β-unsaturated/α-hetero) is 1. The molecule has 0 N–H and O–H groups in total. The number of hydrogen-bond donors (Lipinski definition) is 0. The molecular formula is C22H23NO6S. The predicted molar refractivity (Wildman–Crippen MR) is 111 cm³/mol. The van der Waals surface area contributed by atoms with Gasteiger partial charge in [0.05, 0.1) is 11.4 Å². The van der Waals surface area contributed by atoms with Gasteiger partial charge in [-0.1, -0.05) is 42.0 Å². The average molecular weight is 429 g/mol. The highest BCUT2D eigenvalue weighted by molar-refractivity contribution is 7.89. The van der Waals surface area contributed by atoms with Crippen molar-refractivity contribution in [1.82, 2.24) is 4.31 Å². The third-order valence-corrected chi connectivity index (χ3v) is 6.74. The van der Waals surface area contributed by atoms with Crippen molar-refractivity contribution in [1.29, 1.82) is 0 Å². The molecule has 7 nitrogen and oxygen atoms in total. The summed E-state index contributed by atoms with van der Waals surface area (Å²) in [6, 6.07) is 12.9. The van der Waals surface area contributed by atoms with Crippen molar-refractivity contribution in [3.8, 4) is 0 Å². The first-order chi connectivity index (χ1) is 14.3. The maximum atomic E-state index is 13.3. The number of hydrogen-bond acceptors (Lipinski definition) is 6. The molecule has 0 saturated carbocycles. The van der Waals surface area contributed by atoms with Crippen LogP contribution in [0.15, 0.2) is 65.1 Å². The molecule has 0 amide bonds. The summed E-state index contributed by atoms with van der Waals surface area (Å²) in [6.45, 7) is 1.43.